The summed E-state index contributed by atoms with van der Waals surface area (Å²) in [4.78, 5) is 12.2. The van der Waals surface area contributed by atoms with Gasteiger partial charge < -0.3 is 14.6 Å². The van der Waals surface area contributed by atoms with Crippen molar-refractivity contribution < 1.29 is 19.4 Å². The molecule has 0 spiro atoms. The molecule has 0 fully saturated rings. The number of esters is 1. The summed E-state index contributed by atoms with van der Waals surface area (Å²) in [6.45, 7) is 5.06. The fourth-order valence-electron chi connectivity index (χ4n) is 5.46. The highest BCUT2D eigenvalue weighted by Gasteiger charge is 2.13. The molecule has 0 aliphatic heterocycles. The zero-order chi connectivity index (χ0) is 38.4. The maximum Gasteiger partial charge on any atom is 0.306 e. The molecule has 4 heteroatoms. The molecule has 300 valence electrons. The second kappa shape index (κ2) is 45.2. The van der Waals surface area contributed by atoms with Crippen LogP contribution in [0, 0.1) is 0 Å². The highest BCUT2D eigenvalue weighted by Crippen LogP contribution is 2.11. The lowest BCUT2D eigenvalue weighted by Gasteiger charge is -2.15. The molecule has 0 aliphatic rings. The molecule has 0 saturated carbocycles. The Balaban J connectivity index is 3.57. The molecule has 0 amide bonds. The highest BCUT2D eigenvalue weighted by atomic mass is 16.6. The van der Waals surface area contributed by atoms with E-state index in [9.17, 15) is 9.90 Å². The van der Waals surface area contributed by atoms with E-state index < -0.39 is 6.10 Å². The summed E-state index contributed by atoms with van der Waals surface area (Å²) in [5, 5.41) is 9.61. The first-order chi connectivity index (χ1) is 26.2. The van der Waals surface area contributed by atoms with Crippen LogP contribution in [0.2, 0.25) is 0 Å². The van der Waals surface area contributed by atoms with E-state index in [1.165, 1.54) is 44.9 Å². The summed E-state index contributed by atoms with van der Waals surface area (Å²) < 4.78 is 11.1. The van der Waals surface area contributed by atoms with Crippen molar-refractivity contribution >= 4 is 5.97 Å². The summed E-state index contributed by atoms with van der Waals surface area (Å²) in [6, 6.07) is 0. The third-order valence-electron chi connectivity index (χ3n) is 8.59. The third-order valence-corrected chi connectivity index (χ3v) is 8.59. The number of allylic oxidation sites excluding steroid dienone is 18. The van der Waals surface area contributed by atoms with Crippen LogP contribution in [0.3, 0.4) is 0 Å². The van der Waals surface area contributed by atoms with Crippen molar-refractivity contribution in [2.24, 2.45) is 0 Å². The molecule has 0 rings (SSSR count). The van der Waals surface area contributed by atoms with E-state index in [4.69, 9.17) is 9.47 Å². The van der Waals surface area contributed by atoms with Gasteiger partial charge in [-0.1, -0.05) is 175 Å². The Morgan fingerprint density at radius 1 is 0.453 bits per heavy atom. The van der Waals surface area contributed by atoms with Crippen LogP contribution in [-0.4, -0.2) is 37.0 Å². The quantitative estimate of drug-likeness (QED) is 0.0390. The predicted molar refractivity (Wildman–Crippen MR) is 232 cm³/mol. The van der Waals surface area contributed by atoms with Gasteiger partial charge >= 0.3 is 5.97 Å². The van der Waals surface area contributed by atoms with Crippen molar-refractivity contribution in [3.8, 4) is 0 Å². The van der Waals surface area contributed by atoms with Crippen LogP contribution in [-0.2, 0) is 14.3 Å². The number of carbonyl (C=O) groups excluding carboxylic acids is 1. The lowest BCUT2D eigenvalue weighted by atomic mass is 10.1. The van der Waals surface area contributed by atoms with Gasteiger partial charge in [0.15, 0.2) is 0 Å². The molecular weight excluding hydrogens is 653 g/mol. The zero-order valence-electron chi connectivity index (χ0n) is 34.2. The van der Waals surface area contributed by atoms with E-state index >= 15 is 0 Å². The van der Waals surface area contributed by atoms with E-state index in [1.54, 1.807) is 0 Å². The summed E-state index contributed by atoms with van der Waals surface area (Å²) >= 11 is 0. The molecule has 0 saturated heterocycles. The molecule has 0 aliphatic carbocycles. The van der Waals surface area contributed by atoms with Gasteiger partial charge in [0.05, 0.1) is 13.2 Å². The average molecular weight is 733 g/mol. The lowest BCUT2D eigenvalue weighted by Crippen LogP contribution is -2.27. The van der Waals surface area contributed by atoms with Gasteiger partial charge in [-0.25, -0.2) is 0 Å². The van der Waals surface area contributed by atoms with E-state index in [-0.39, 0.29) is 19.2 Å². The molecule has 1 unspecified atom stereocenters. The fourth-order valence-corrected chi connectivity index (χ4v) is 5.46. The predicted octanol–water partition coefficient (Wildman–Crippen LogP) is 14.3. The van der Waals surface area contributed by atoms with Crippen molar-refractivity contribution in [1.29, 1.82) is 0 Å². The maximum absolute atomic E-state index is 12.2. The van der Waals surface area contributed by atoms with Crippen LogP contribution in [0.4, 0.5) is 0 Å². The molecule has 0 bridgehead atoms. The molecule has 0 heterocycles. The number of aliphatic hydroxyl groups is 1. The minimum atomic E-state index is -0.560. The lowest BCUT2D eigenvalue weighted by molar-refractivity contribution is -0.154. The SMILES string of the molecule is CC/C=C\C/C=C\C/C=C\C/C=C\C/C=C\C/C=C\CCCCCCC(=O)OC(CO)COCCCCCCCCCC/C=C\C/C=C\C/C=C\CC. The molecule has 4 nitrogen and oxygen atoms in total. The van der Waals surface area contributed by atoms with Gasteiger partial charge in [0.2, 0.25) is 0 Å². The van der Waals surface area contributed by atoms with E-state index in [1.807, 2.05) is 0 Å². The van der Waals surface area contributed by atoms with Gasteiger partial charge in [0.25, 0.3) is 0 Å². The first kappa shape index (κ1) is 50.1. The second-order valence-corrected chi connectivity index (χ2v) is 13.6. The van der Waals surface area contributed by atoms with Gasteiger partial charge in [-0.05, 0) is 96.3 Å². The second-order valence-electron chi connectivity index (χ2n) is 13.6. The van der Waals surface area contributed by atoms with Crippen molar-refractivity contribution in [2.75, 3.05) is 19.8 Å². The Hall–Kier alpha value is -2.95. The van der Waals surface area contributed by atoms with E-state index in [0.29, 0.717) is 13.0 Å². The first-order valence-electron chi connectivity index (χ1n) is 21.5. The van der Waals surface area contributed by atoms with Gasteiger partial charge in [-0.3, -0.25) is 4.79 Å². The number of hydrogen-bond acceptors (Lipinski definition) is 4. The number of aliphatic hydroxyl groups excluding tert-OH is 1. The fraction of sp³-hybridized carbons (Fsp3) is 0.612. The van der Waals surface area contributed by atoms with Gasteiger partial charge in [-0.15, -0.1) is 0 Å². The Bertz CT molecular complexity index is 1040. The average Bonchev–Trinajstić information content (AvgIpc) is 3.16. The van der Waals surface area contributed by atoms with E-state index in [0.717, 1.165) is 103 Å². The molecular formula is C49H80O4. The van der Waals surface area contributed by atoms with Gasteiger partial charge in [0, 0.05) is 13.0 Å². The minimum Gasteiger partial charge on any atom is -0.457 e. The number of unbranched alkanes of at least 4 members (excludes halogenated alkanes) is 12. The molecule has 0 aromatic rings. The Kier molecular flexibility index (Phi) is 42.7. The van der Waals surface area contributed by atoms with Crippen LogP contribution < -0.4 is 0 Å². The van der Waals surface area contributed by atoms with Crippen LogP contribution in [0.25, 0.3) is 0 Å². The molecule has 53 heavy (non-hydrogen) atoms. The Morgan fingerprint density at radius 2 is 0.792 bits per heavy atom. The van der Waals surface area contributed by atoms with Crippen LogP contribution in [0.15, 0.2) is 109 Å². The highest BCUT2D eigenvalue weighted by molar-refractivity contribution is 5.69. The van der Waals surface area contributed by atoms with Crippen molar-refractivity contribution in [1.82, 2.24) is 0 Å². The molecule has 0 aromatic carbocycles. The van der Waals surface area contributed by atoms with Crippen LogP contribution in [0.1, 0.15) is 168 Å². The zero-order valence-corrected chi connectivity index (χ0v) is 34.2. The largest absolute Gasteiger partial charge is 0.457 e. The van der Waals surface area contributed by atoms with E-state index in [2.05, 4.69) is 123 Å². The standard InChI is InChI=1S/C49H80O4/c1-3-5-7-9-11-13-15-17-19-21-23-24-25-26-27-28-30-32-34-36-38-40-42-44-49(51)53-48(46-50)47-52-45-43-41-39-37-35-33-31-29-22-20-18-16-14-12-10-8-6-4-2/h5-8,11-14,17-20,23-24,26-27,30,32,48,50H,3-4,9-10,15-16,21-22,25,28-29,31,33-47H2,1-2H3/b7-5-,8-6-,13-11-,14-12-,19-17-,20-18-,24-23-,27-26-,32-30-. The normalized spacial score (nSPS) is 13.5. The molecule has 1 atom stereocenters. The summed E-state index contributed by atoms with van der Waals surface area (Å²) in [6.07, 6.45) is 65.7. The minimum absolute atomic E-state index is 0.193. The van der Waals surface area contributed by atoms with Crippen LogP contribution >= 0.6 is 0 Å². The summed E-state index contributed by atoms with van der Waals surface area (Å²) in [5.74, 6) is -0.233. The van der Waals surface area contributed by atoms with Gasteiger partial charge in [0.1, 0.15) is 6.10 Å². The smallest absolute Gasteiger partial charge is 0.306 e. The van der Waals surface area contributed by atoms with Crippen molar-refractivity contribution in [3.05, 3.63) is 109 Å². The number of hydrogen-bond donors (Lipinski definition) is 1. The van der Waals surface area contributed by atoms with Gasteiger partial charge in [-0.2, -0.15) is 0 Å². The Labute approximate surface area is 327 Å². The molecule has 0 aromatic heterocycles. The first-order valence-corrected chi connectivity index (χ1v) is 21.5. The number of rotatable bonds is 38. The van der Waals surface area contributed by atoms with Crippen molar-refractivity contribution in [2.45, 2.75) is 174 Å². The third kappa shape index (κ3) is 43.3. The summed E-state index contributed by atoms with van der Waals surface area (Å²) in [5.41, 5.74) is 0. The molecule has 0 radical (unpaired) electrons. The number of ether oxygens (including phenoxy) is 2. The topological polar surface area (TPSA) is 55.8 Å². The van der Waals surface area contributed by atoms with Crippen LogP contribution in [0.5, 0.6) is 0 Å². The Morgan fingerprint density at radius 3 is 1.19 bits per heavy atom. The maximum atomic E-state index is 12.2. The number of carbonyl (C=O) groups is 1. The monoisotopic (exact) mass is 733 g/mol. The van der Waals surface area contributed by atoms with Crippen molar-refractivity contribution in [3.63, 3.8) is 0 Å². The molecule has 1 N–H and O–H groups in total. The summed E-state index contributed by atoms with van der Waals surface area (Å²) in [7, 11) is 0.